The van der Waals surface area contributed by atoms with E-state index >= 15 is 0 Å². The van der Waals surface area contributed by atoms with E-state index in [4.69, 9.17) is 0 Å². The molecule has 0 saturated carbocycles. The van der Waals surface area contributed by atoms with Crippen molar-refractivity contribution in [2.75, 3.05) is 19.0 Å². The molecule has 2 aromatic rings. The summed E-state index contributed by atoms with van der Waals surface area (Å²) >= 11 is 0. The van der Waals surface area contributed by atoms with Gasteiger partial charge in [0.05, 0.1) is 0 Å². The molecule has 2 aromatic carbocycles. The molecule has 1 atom stereocenters. The SMILES string of the molecule is CC(C)c1ccccc1C(O)(c1cccc(N(C)C)c1)C(F)(F)C(F)(F)F. The summed E-state index contributed by atoms with van der Waals surface area (Å²) in [5, 5.41) is 11.1. The maximum Gasteiger partial charge on any atom is 0.457 e. The first-order valence-corrected chi connectivity index (χ1v) is 8.38. The standard InChI is InChI=1S/C20H22F5NO/c1-13(2)16-10-5-6-11-17(16)18(27,19(21,22)20(23,24)25)14-8-7-9-15(12-14)26(3)4/h5-13,27H,1-4H3. The highest BCUT2D eigenvalue weighted by Gasteiger charge is 2.71. The molecule has 2 rings (SSSR count). The van der Waals surface area contributed by atoms with Gasteiger partial charge in [-0.25, -0.2) is 0 Å². The molecule has 0 radical (unpaired) electrons. The molecule has 1 unspecified atom stereocenters. The highest BCUT2D eigenvalue weighted by Crippen LogP contribution is 2.53. The van der Waals surface area contributed by atoms with Gasteiger partial charge in [-0.3, -0.25) is 0 Å². The number of hydrogen-bond donors (Lipinski definition) is 1. The maximum absolute atomic E-state index is 14.7. The largest absolute Gasteiger partial charge is 0.457 e. The van der Waals surface area contributed by atoms with Crippen LogP contribution in [0.4, 0.5) is 27.6 Å². The lowest BCUT2D eigenvalue weighted by molar-refractivity contribution is -0.336. The Morgan fingerprint density at radius 3 is 2.00 bits per heavy atom. The average molecular weight is 387 g/mol. The van der Waals surface area contributed by atoms with Gasteiger partial charge in [0.25, 0.3) is 0 Å². The molecule has 2 nitrogen and oxygen atoms in total. The normalized spacial score (nSPS) is 14.9. The molecule has 1 N–H and O–H groups in total. The first-order chi connectivity index (χ1) is 12.3. The van der Waals surface area contributed by atoms with Gasteiger partial charge in [0.15, 0.2) is 5.60 Å². The minimum absolute atomic E-state index is 0.221. The third-order valence-corrected chi connectivity index (χ3v) is 4.56. The summed E-state index contributed by atoms with van der Waals surface area (Å²) in [6.07, 6.45) is -5.94. The van der Waals surface area contributed by atoms with Gasteiger partial charge < -0.3 is 10.0 Å². The fourth-order valence-electron chi connectivity index (χ4n) is 3.05. The van der Waals surface area contributed by atoms with Gasteiger partial charge in [-0.15, -0.1) is 0 Å². The molecule has 0 fully saturated rings. The van der Waals surface area contributed by atoms with Crippen LogP contribution in [0.5, 0.6) is 0 Å². The second-order valence-corrected chi connectivity index (χ2v) is 6.97. The third kappa shape index (κ3) is 3.52. The number of alkyl halides is 5. The molecule has 0 aliphatic rings. The Labute approximate surface area is 155 Å². The van der Waals surface area contributed by atoms with Gasteiger partial charge in [-0.2, -0.15) is 22.0 Å². The van der Waals surface area contributed by atoms with Crippen LogP contribution in [0.2, 0.25) is 0 Å². The Morgan fingerprint density at radius 1 is 0.889 bits per heavy atom. The summed E-state index contributed by atoms with van der Waals surface area (Å²) in [5.41, 5.74) is -3.94. The Kier molecular flexibility index (Phi) is 5.57. The molecule has 0 heterocycles. The molecule has 0 bridgehead atoms. The van der Waals surface area contributed by atoms with Crippen LogP contribution in [0.25, 0.3) is 0 Å². The minimum atomic E-state index is -5.94. The highest BCUT2D eigenvalue weighted by atomic mass is 19.4. The van der Waals surface area contributed by atoms with Gasteiger partial charge in [0.1, 0.15) is 0 Å². The van der Waals surface area contributed by atoms with Crippen LogP contribution >= 0.6 is 0 Å². The van der Waals surface area contributed by atoms with E-state index in [0.29, 0.717) is 5.69 Å². The maximum atomic E-state index is 14.7. The predicted molar refractivity (Wildman–Crippen MR) is 95.3 cm³/mol. The fourth-order valence-corrected chi connectivity index (χ4v) is 3.05. The summed E-state index contributed by atoms with van der Waals surface area (Å²) < 4.78 is 69.6. The van der Waals surface area contributed by atoms with E-state index in [2.05, 4.69) is 0 Å². The zero-order valence-electron chi connectivity index (χ0n) is 15.5. The lowest BCUT2D eigenvalue weighted by Crippen LogP contribution is -2.56. The minimum Gasteiger partial charge on any atom is -0.378 e. The van der Waals surface area contributed by atoms with E-state index < -0.39 is 28.8 Å². The number of halogens is 5. The fraction of sp³-hybridized carbons (Fsp3) is 0.400. The molecular weight excluding hydrogens is 365 g/mol. The molecule has 148 valence electrons. The molecule has 0 aliphatic heterocycles. The van der Waals surface area contributed by atoms with Crippen LogP contribution in [-0.2, 0) is 5.60 Å². The van der Waals surface area contributed by atoms with Crippen LogP contribution in [0.3, 0.4) is 0 Å². The molecule has 0 aliphatic carbocycles. The molecule has 7 heteroatoms. The summed E-state index contributed by atoms with van der Waals surface area (Å²) in [5.74, 6) is -5.77. The van der Waals surface area contributed by atoms with Crippen molar-refractivity contribution in [3.8, 4) is 0 Å². The van der Waals surface area contributed by atoms with Gasteiger partial charge in [-0.05, 0) is 34.7 Å². The topological polar surface area (TPSA) is 23.5 Å². The Hall–Kier alpha value is -2.15. The van der Waals surface area contributed by atoms with E-state index in [0.717, 1.165) is 18.2 Å². The second-order valence-electron chi connectivity index (χ2n) is 6.97. The van der Waals surface area contributed by atoms with E-state index in [9.17, 15) is 27.1 Å². The molecular formula is C20H22F5NO. The van der Waals surface area contributed by atoms with Crippen molar-refractivity contribution in [1.82, 2.24) is 0 Å². The van der Waals surface area contributed by atoms with Crippen LogP contribution in [0.1, 0.15) is 36.5 Å². The lowest BCUT2D eigenvalue weighted by atomic mass is 9.76. The number of anilines is 1. The van der Waals surface area contributed by atoms with Crippen LogP contribution in [-0.4, -0.2) is 31.3 Å². The quantitative estimate of drug-likeness (QED) is 0.703. The monoisotopic (exact) mass is 387 g/mol. The Bertz CT molecular complexity index is 801. The molecule has 27 heavy (non-hydrogen) atoms. The second kappa shape index (κ2) is 7.11. The van der Waals surface area contributed by atoms with E-state index in [1.54, 1.807) is 45.0 Å². The first-order valence-electron chi connectivity index (χ1n) is 8.38. The van der Waals surface area contributed by atoms with Crippen molar-refractivity contribution < 1.29 is 27.1 Å². The van der Waals surface area contributed by atoms with Gasteiger partial charge in [0, 0.05) is 19.8 Å². The number of aliphatic hydroxyl groups is 1. The van der Waals surface area contributed by atoms with Crippen molar-refractivity contribution in [2.45, 2.75) is 37.5 Å². The van der Waals surface area contributed by atoms with E-state index in [1.807, 2.05) is 0 Å². The van der Waals surface area contributed by atoms with Gasteiger partial charge in [-0.1, -0.05) is 50.2 Å². The van der Waals surface area contributed by atoms with E-state index in [1.165, 1.54) is 18.2 Å². The third-order valence-electron chi connectivity index (χ3n) is 4.56. The summed E-state index contributed by atoms with van der Waals surface area (Å²) in [7, 11) is 3.25. The van der Waals surface area contributed by atoms with E-state index in [-0.39, 0.29) is 11.5 Å². The summed E-state index contributed by atoms with van der Waals surface area (Å²) in [4.78, 5) is 1.56. The number of benzene rings is 2. The molecule has 0 aromatic heterocycles. The molecule has 0 spiro atoms. The Morgan fingerprint density at radius 2 is 1.48 bits per heavy atom. The van der Waals surface area contributed by atoms with Crippen molar-refractivity contribution in [2.24, 2.45) is 0 Å². The average Bonchev–Trinajstić information content (AvgIpc) is 2.59. The summed E-state index contributed by atoms with van der Waals surface area (Å²) in [6, 6.07) is 10.6. The zero-order chi connectivity index (χ0) is 20.6. The van der Waals surface area contributed by atoms with Gasteiger partial charge >= 0.3 is 12.1 Å². The van der Waals surface area contributed by atoms with Gasteiger partial charge in [0.2, 0.25) is 0 Å². The van der Waals surface area contributed by atoms with Crippen molar-refractivity contribution in [1.29, 1.82) is 0 Å². The van der Waals surface area contributed by atoms with Crippen LogP contribution in [0.15, 0.2) is 48.5 Å². The molecule has 0 saturated heterocycles. The van der Waals surface area contributed by atoms with Crippen molar-refractivity contribution in [3.63, 3.8) is 0 Å². The highest BCUT2D eigenvalue weighted by molar-refractivity contribution is 5.53. The van der Waals surface area contributed by atoms with Crippen LogP contribution in [0, 0.1) is 0 Å². The first kappa shape index (κ1) is 21.2. The van der Waals surface area contributed by atoms with Crippen molar-refractivity contribution in [3.05, 3.63) is 65.2 Å². The lowest BCUT2D eigenvalue weighted by Gasteiger charge is -2.39. The van der Waals surface area contributed by atoms with Crippen LogP contribution < -0.4 is 4.90 Å². The number of hydrogen-bond acceptors (Lipinski definition) is 2. The number of nitrogens with zero attached hydrogens (tertiary/aromatic N) is 1. The zero-order valence-corrected chi connectivity index (χ0v) is 15.5. The van der Waals surface area contributed by atoms with Crippen molar-refractivity contribution >= 4 is 5.69 Å². The summed E-state index contributed by atoms with van der Waals surface area (Å²) in [6.45, 7) is 3.34. The smallest absolute Gasteiger partial charge is 0.378 e. The number of rotatable bonds is 5. The Balaban J connectivity index is 2.89. The molecule has 0 amide bonds. The predicted octanol–water partition coefficient (Wildman–Crippen LogP) is 5.31.